The summed E-state index contributed by atoms with van der Waals surface area (Å²) in [4.78, 5) is 13.3. The van der Waals surface area contributed by atoms with Crippen LogP contribution in [0.5, 0.6) is 0 Å². The van der Waals surface area contributed by atoms with Gasteiger partial charge in [0, 0.05) is 25.6 Å². The largest absolute Gasteiger partial charge is 0.446 e. The molecule has 2 aliphatic heterocycles. The highest BCUT2D eigenvalue weighted by atomic mass is 16.7. The minimum absolute atomic E-state index is 0.0750. The molecular formula is C51H93N5O16. The number of allylic oxidation sites excluding steroid dienone is 1. The van der Waals surface area contributed by atoms with Crippen LogP contribution >= 0.6 is 0 Å². The summed E-state index contributed by atoms with van der Waals surface area (Å²) in [7, 11) is 0. The predicted molar refractivity (Wildman–Crippen MR) is 263 cm³/mol. The Balaban J connectivity index is 0.996. The number of nitrogens with two attached hydrogens (primary N) is 4. The molecule has 5 fully saturated rings. The van der Waals surface area contributed by atoms with Crippen molar-refractivity contribution >= 4 is 6.09 Å². The average Bonchev–Trinajstić information content (AvgIpc) is 3.72. The van der Waals surface area contributed by atoms with Crippen molar-refractivity contribution in [3.05, 3.63) is 11.6 Å². The Morgan fingerprint density at radius 1 is 0.819 bits per heavy atom. The van der Waals surface area contributed by atoms with Crippen molar-refractivity contribution in [1.82, 2.24) is 5.32 Å². The second-order valence-corrected chi connectivity index (χ2v) is 23.1. The molecule has 418 valence electrons. The molecule has 0 aromatic rings. The number of carbonyl (C=O) groups excluding carboxylic acids is 1. The summed E-state index contributed by atoms with van der Waals surface area (Å²) >= 11 is 0. The number of aliphatic hydroxyl groups excluding tert-OH is 8. The molecule has 21 nitrogen and oxygen atoms in total. The monoisotopic (exact) mass is 1030 g/mol. The summed E-state index contributed by atoms with van der Waals surface area (Å²) in [5.74, 6) is 4.36. The maximum atomic E-state index is 13.3. The van der Waals surface area contributed by atoms with Crippen molar-refractivity contribution in [3.63, 3.8) is 0 Å². The number of hydrogen-bond donors (Lipinski definition) is 13. The lowest BCUT2D eigenvalue weighted by molar-refractivity contribution is -0.300. The Bertz CT molecular complexity index is 1720. The minimum Gasteiger partial charge on any atom is -0.446 e. The number of alkyl carbamates (subject to hydrolysis) is 1. The van der Waals surface area contributed by atoms with Gasteiger partial charge in [-0.1, -0.05) is 65.5 Å². The van der Waals surface area contributed by atoms with Crippen molar-refractivity contribution in [2.24, 2.45) is 69.3 Å². The second kappa shape index (κ2) is 26.1. The van der Waals surface area contributed by atoms with Crippen LogP contribution in [0.15, 0.2) is 11.6 Å². The summed E-state index contributed by atoms with van der Waals surface area (Å²) in [6.07, 6.45) is -4.11. The summed E-state index contributed by atoms with van der Waals surface area (Å²) in [5, 5.41) is 86.6. The first-order chi connectivity index (χ1) is 34.1. The Kier molecular flexibility index (Phi) is 21.6. The maximum absolute atomic E-state index is 13.3. The van der Waals surface area contributed by atoms with Crippen molar-refractivity contribution in [3.8, 4) is 0 Å². The van der Waals surface area contributed by atoms with E-state index >= 15 is 0 Å². The number of amides is 1. The van der Waals surface area contributed by atoms with Gasteiger partial charge in [0.25, 0.3) is 0 Å². The van der Waals surface area contributed by atoms with E-state index in [1.54, 1.807) is 0 Å². The lowest BCUT2D eigenvalue weighted by Crippen LogP contribution is -2.64. The molecule has 21 heteroatoms. The van der Waals surface area contributed by atoms with Gasteiger partial charge < -0.3 is 102 Å². The molecular weight excluding hydrogens is 939 g/mol. The van der Waals surface area contributed by atoms with E-state index < -0.39 is 131 Å². The summed E-state index contributed by atoms with van der Waals surface area (Å²) in [6, 6.07) is -3.52. The molecule has 6 rings (SSSR count). The molecule has 24 atom stereocenters. The van der Waals surface area contributed by atoms with E-state index in [9.17, 15) is 45.6 Å². The molecule has 2 saturated heterocycles. The van der Waals surface area contributed by atoms with Gasteiger partial charge in [-0.05, 0) is 98.2 Å². The molecule has 0 bridgehead atoms. The highest BCUT2D eigenvalue weighted by Gasteiger charge is 2.59. The Labute approximate surface area is 425 Å². The van der Waals surface area contributed by atoms with Crippen LogP contribution in [0, 0.1) is 46.3 Å². The van der Waals surface area contributed by atoms with E-state index in [1.807, 2.05) is 0 Å². The fourth-order valence-corrected chi connectivity index (χ4v) is 13.7. The predicted octanol–water partition coefficient (Wildman–Crippen LogP) is -0.187. The zero-order valence-corrected chi connectivity index (χ0v) is 43.5. The zero-order chi connectivity index (χ0) is 52.8. The Morgan fingerprint density at radius 3 is 2.07 bits per heavy atom. The van der Waals surface area contributed by atoms with Gasteiger partial charge >= 0.3 is 6.09 Å². The van der Waals surface area contributed by atoms with Gasteiger partial charge in [-0.25, -0.2) is 4.79 Å². The zero-order valence-electron chi connectivity index (χ0n) is 43.5. The minimum atomic E-state index is -1.58. The molecule has 0 radical (unpaired) electrons. The first-order valence-corrected chi connectivity index (χ1v) is 26.8. The standard InChI is InChI=1S/C51H93N5O16/c1-25(2)8-7-9-26(3)31-12-13-32-30-11-10-28-18-29(14-16-50(28,5)33(30)15-17-51(31,32)6)68-49(65)56-20-35-42(61)44(63)39(54)48(70-35)71-37(22-58)36(21-57)66-24-67-46(41(60)27(4)53)34(19-52)69-47-40(55)45(64)43(62)38(23-59)72-47/h10,25-27,29-48,57-64H,7-9,11-24,52-55H2,1-6H3,(H,56,65)/t26-,27-,29?,30?,31?,32?,33?,34-,35?,36-,37?,38?,39?,40?,41?,42-,43-,44?,45?,46?,47+,48-,50+,51-/m1/s1. The van der Waals surface area contributed by atoms with E-state index in [2.05, 4.69) is 46.0 Å². The van der Waals surface area contributed by atoms with Crippen molar-refractivity contribution in [2.75, 3.05) is 39.7 Å². The molecule has 3 saturated carbocycles. The number of nitrogens with one attached hydrogen (secondary N) is 1. The molecule has 0 aromatic heterocycles. The van der Waals surface area contributed by atoms with Gasteiger partial charge in [0.2, 0.25) is 0 Å². The quantitative estimate of drug-likeness (QED) is 0.0440. The topological polar surface area (TPSA) is 360 Å². The third kappa shape index (κ3) is 13.2. The molecule has 0 aromatic carbocycles. The van der Waals surface area contributed by atoms with Gasteiger partial charge in [0.1, 0.15) is 73.9 Å². The van der Waals surface area contributed by atoms with Crippen LogP contribution in [0.4, 0.5) is 4.79 Å². The molecule has 6 aliphatic rings. The molecule has 14 unspecified atom stereocenters. The van der Waals surface area contributed by atoms with Gasteiger partial charge in [-0.15, -0.1) is 0 Å². The van der Waals surface area contributed by atoms with Crippen molar-refractivity contribution in [2.45, 2.75) is 216 Å². The smallest absolute Gasteiger partial charge is 0.407 e. The third-order valence-corrected chi connectivity index (χ3v) is 18.1. The molecule has 2 heterocycles. The van der Waals surface area contributed by atoms with E-state index in [4.69, 9.17) is 56.1 Å². The lowest BCUT2D eigenvalue weighted by atomic mass is 9.47. The molecule has 72 heavy (non-hydrogen) atoms. The van der Waals surface area contributed by atoms with E-state index in [0.717, 1.165) is 42.9 Å². The van der Waals surface area contributed by atoms with Gasteiger partial charge in [0.15, 0.2) is 12.6 Å². The summed E-state index contributed by atoms with van der Waals surface area (Å²) < 4.78 is 40.9. The van der Waals surface area contributed by atoms with Crippen molar-refractivity contribution < 1.29 is 78.8 Å². The van der Waals surface area contributed by atoms with E-state index in [-0.39, 0.29) is 24.6 Å². The molecule has 4 aliphatic carbocycles. The van der Waals surface area contributed by atoms with Crippen LogP contribution in [0.25, 0.3) is 0 Å². The van der Waals surface area contributed by atoms with Crippen LogP contribution in [-0.2, 0) is 33.2 Å². The third-order valence-electron chi connectivity index (χ3n) is 18.1. The highest BCUT2D eigenvalue weighted by molar-refractivity contribution is 5.67. The summed E-state index contributed by atoms with van der Waals surface area (Å²) in [5.41, 5.74) is 26.1. The fourth-order valence-electron chi connectivity index (χ4n) is 13.7. The van der Waals surface area contributed by atoms with Crippen LogP contribution in [0.1, 0.15) is 112 Å². The van der Waals surface area contributed by atoms with Crippen LogP contribution in [0.3, 0.4) is 0 Å². The maximum Gasteiger partial charge on any atom is 0.407 e. The fraction of sp³-hybridized carbons (Fsp3) is 0.941. The van der Waals surface area contributed by atoms with Crippen molar-refractivity contribution in [1.29, 1.82) is 0 Å². The summed E-state index contributed by atoms with van der Waals surface area (Å²) in [6.45, 7) is 10.3. The van der Waals surface area contributed by atoms with Gasteiger partial charge in [-0.2, -0.15) is 0 Å². The van der Waals surface area contributed by atoms with E-state index in [1.165, 1.54) is 57.4 Å². The first-order valence-electron chi connectivity index (χ1n) is 26.8. The van der Waals surface area contributed by atoms with Crippen LogP contribution in [-0.4, -0.2) is 191 Å². The second-order valence-electron chi connectivity index (χ2n) is 23.1. The Hall–Kier alpha value is -1.71. The highest BCUT2D eigenvalue weighted by Crippen LogP contribution is 2.67. The van der Waals surface area contributed by atoms with Crippen LogP contribution < -0.4 is 28.3 Å². The number of carbonyl (C=O) groups is 1. The number of fused-ring (bicyclic) bond motifs is 5. The lowest BCUT2D eigenvalue weighted by Gasteiger charge is -2.58. The number of hydrogen-bond acceptors (Lipinski definition) is 20. The molecule has 0 spiro atoms. The Morgan fingerprint density at radius 2 is 1.46 bits per heavy atom. The van der Waals surface area contributed by atoms with Crippen LogP contribution in [0.2, 0.25) is 0 Å². The normalized spacial score (nSPS) is 40.9. The number of ether oxygens (including phenoxy) is 7. The number of rotatable bonds is 24. The SMILES string of the molecule is CC(C)CCC[C@@H](C)C1CCC2C3CC=C4CC(OC(=O)NCC5O[C@H](OC(CO)[C@@H](CO)OCOC(C(O)[C@@H](C)N)[C@@H](CN)O[C@H]6OC(CO)[C@@H](O)C(O)C6N)C(N)C(O)[C@@H]5O)CC[C@]4(C)C3CC[C@@]21C. The molecule has 1 amide bonds. The molecule has 17 N–H and O–H groups in total. The first kappa shape index (κ1) is 59.5. The van der Waals surface area contributed by atoms with Gasteiger partial charge in [-0.3, -0.25) is 0 Å². The van der Waals surface area contributed by atoms with Gasteiger partial charge in [0.05, 0.1) is 38.0 Å². The number of aliphatic hydroxyl groups is 8. The average molecular weight is 1030 g/mol. The van der Waals surface area contributed by atoms with E-state index in [0.29, 0.717) is 23.7 Å².